The van der Waals surface area contributed by atoms with Crippen LogP contribution in [0.25, 0.3) is 6.08 Å². The van der Waals surface area contributed by atoms with Gasteiger partial charge in [0.25, 0.3) is 0 Å². The zero-order valence-electron chi connectivity index (χ0n) is 6.67. The van der Waals surface area contributed by atoms with Gasteiger partial charge in [-0.1, -0.05) is 12.2 Å². The zero-order chi connectivity index (χ0) is 9.68. The number of allylic oxidation sites excluding steroid dienone is 1. The van der Waals surface area contributed by atoms with E-state index in [2.05, 4.69) is 4.98 Å². The van der Waals surface area contributed by atoms with E-state index < -0.39 is 5.82 Å². The summed E-state index contributed by atoms with van der Waals surface area (Å²) in [6, 6.07) is 2.89. The van der Waals surface area contributed by atoms with Gasteiger partial charge in [0.1, 0.15) is 6.07 Å². The van der Waals surface area contributed by atoms with Gasteiger partial charge in [-0.05, 0) is 11.6 Å². The van der Waals surface area contributed by atoms with Crippen molar-refractivity contribution in [2.75, 3.05) is 5.88 Å². The van der Waals surface area contributed by atoms with E-state index in [0.717, 1.165) is 0 Å². The summed E-state index contributed by atoms with van der Waals surface area (Å²) >= 11 is 5.40. The summed E-state index contributed by atoms with van der Waals surface area (Å²) in [5.41, 5.74) is 0.403. The van der Waals surface area contributed by atoms with Crippen LogP contribution in [0.4, 0.5) is 4.39 Å². The van der Waals surface area contributed by atoms with Gasteiger partial charge in [-0.25, -0.2) is 9.37 Å². The highest BCUT2D eigenvalue weighted by Crippen LogP contribution is 2.07. The maximum absolute atomic E-state index is 12.9. The van der Waals surface area contributed by atoms with Crippen molar-refractivity contribution in [3.05, 3.63) is 35.4 Å². The number of rotatable bonds is 2. The molecule has 0 unspecified atom stereocenters. The number of hydrogen-bond donors (Lipinski definition) is 0. The predicted octanol–water partition coefficient (Wildman–Crippen LogP) is 2.34. The fourth-order valence-electron chi connectivity index (χ4n) is 0.807. The molecule has 0 amide bonds. The molecular formula is C9H6ClFN2. The number of aromatic nitrogens is 1. The Bertz CT molecular complexity index is 368. The molecule has 0 bridgehead atoms. The molecule has 0 radical (unpaired) electrons. The van der Waals surface area contributed by atoms with Crippen LogP contribution in [0.3, 0.4) is 0 Å². The first kappa shape index (κ1) is 9.69. The lowest BCUT2D eigenvalue weighted by atomic mass is 10.2. The van der Waals surface area contributed by atoms with Crippen LogP contribution in [-0.4, -0.2) is 10.9 Å². The van der Waals surface area contributed by atoms with E-state index in [1.54, 1.807) is 18.2 Å². The van der Waals surface area contributed by atoms with Gasteiger partial charge in [0, 0.05) is 12.1 Å². The van der Waals surface area contributed by atoms with E-state index in [4.69, 9.17) is 16.9 Å². The van der Waals surface area contributed by atoms with Crippen LogP contribution in [0.5, 0.6) is 0 Å². The molecule has 0 saturated heterocycles. The van der Waals surface area contributed by atoms with Gasteiger partial charge in [-0.3, -0.25) is 0 Å². The van der Waals surface area contributed by atoms with E-state index in [1.807, 2.05) is 0 Å². The summed E-state index contributed by atoms with van der Waals surface area (Å²) in [7, 11) is 0. The lowest BCUT2D eigenvalue weighted by molar-refractivity contribution is 0.616. The molecule has 0 saturated carbocycles. The summed E-state index contributed by atoms with van der Waals surface area (Å²) in [6.07, 6.45) is 4.74. The topological polar surface area (TPSA) is 36.7 Å². The van der Waals surface area contributed by atoms with Crippen molar-refractivity contribution in [3.8, 4) is 6.07 Å². The van der Waals surface area contributed by atoms with Gasteiger partial charge in [0.05, 0.1) is 0 Å². The average molecular weight is 197 g/mol. The number of hydrogen-bond acceptors (Lipinski definition) is 2. The van der Waals surface area contributed by atoms with E-state index >= 15 is 0 Å². The predicted molar refractivity (Wildman–Crippen MR) is 48.7 cm³/mol. The fourth-order valence-corrected chi connectivity index (χ4v) is 0.896. The standard InChI is InChI=1S/C9H6ClFN2/c10-3-1-2-7-4-8(11)9(5-12)13-6-7/h1-2,4,6H,3H2. The zero-order valence-corrected chi connectivity index (χ0v) is 7.42. The minimum atomic E-state index is -0.612. The maximum atomic E-state index is 12.9. The van der Waals surface area contributed by atoms with Crippen molar-refractivity contribution in [2.24, 2.45) is 0 Å². The van der Waals surface area contributed by atoms with Crippen LogP contribution in [0.1, 0.15) is 11.3 Å². The monoisotopic (exact) mass is 196 g/mol. The highest BCUT2D eigenvalue weighted by Gasteiger charge is 2.01. The van der Waals surface area contributed by atoms with Crippen molar-refractivity contribution in [3.63, 3.8) is 0 Å². The molecular weight excluding hydrogens is 191 g/mol. The third-order valence-electron chi connectivity index (χ3n) is 1.37. The smallest absolute Gasteiger partial charge is 0.176 e. The molecule has 0 aromatic carbocycles. The molecule has 4 heteroatoms. The molecule has 0 aliphatic heterocycles. The SMILES string of the molecule is N#Cc1ncc(C=CCCl)cc1F. The molecule has 2 nitrogen and oxygen atoms in total. The molecule has 1 rings (SSSR count). The van der Waals surface area contributed by atoms with Crippen molar-refractivity contribution in [1.82, 2.24) is 4.98 Å². The molecule has 0 N–H and O–H groups in total. The van der Waals surface area contributed by atoms with Crippen molar-refractivity contribution >= 4 is 17.7 Å². The van der Waals surface area contributed by atoms with Crippen molar-refractivity contribution < 1.29 is 4.39 Å². The quantitative estimate of drug-likeness (QED) is 0.681. The van der Waals surface area contributed by atoms with Crippen LogP contribution in [0, 0.1) is 17.1 Å². The largest absolute Gasteiger partial charge is 0.242 e. The molecule has 66 valence electrons. The average Bonchev–Trinajstić information content (AvgIpc) is 2.15. The second-order valence-corrected chi connectivity index (χ2v) is 2.58. The van der Waals surface area contributed by atoms with Gasteiger partial charge in [0.2, 0.25) is 0 Å². The summed E-state index contributed by atoms with van der Waals surface area (Å²) in [6.45, 7) is 0. The lowest BCUT2D eigenvalue weighted by Crippen LogP contribution is -1.89. The number of nitrogens with zero attached hydrogens (tertiary/aromatic N) is 2. The first-order valence-electron chi connectivity index (χ1n) is 3.56. The van der Waals surface area contributed by atoms with E-state index in [0.29, 0.717) is 11.4 Å². The van der Waals surface area contributed by atoms with Crippen molar-refractivity contribution in [2.45, 2.75) is 0 Å². The van der Waals surface area contributed by atoms with Crippen LogP contribution >= 0.6 is 11.6 Å². The molecule has 0 aliphatic rings. The summed E-state index contributed by atoms with van der Waals surface area (Å²) < 4.78 is 12.9. The Hall–Kier alpha value is -1.40. The minimum Gasteiger partial charge on any atom is -0.242 e. The second-order valence-electron chi connectivity index (χ2n) is 2.27. The third-order valence-corrected chi connectivity index (χ3v) is 1.55. The van der Waals surface area contributed by atoms with Gasteiger partial charge < -0.3 is 0 Å². The molecule has 0 atom stereocenters. The maximum Gasteiger partial charge on any atom is 0.176 e. The third kappa shape index (κ3) is 2.53. The number of halogens is 2. The van der Waals surface area contributed by atoms with Gasteiger partial charge in [-0.15, -0.1) is 11.6 Å². The number of pyridine rings is 1. The summed E-state index contributed by atoms with van der Waals surface area (Å²) in [4.78, 5) is 3.62. The normalized spacial score (nSPS) is 10.2. The first-order chi connectivity index (χ1) is 6.27. The van der Waals surface area contributed by atoms with Crippen LogP contribution in [0.2, 0.25) is 0 Å². The number of nitriles is 1. The molecule has 0 fully saturated rings. The molecule has 1 aromatic rings. The van der Waals surface area contributed by atoms with Crippen LogP contribution < -0.4 is 0 Å². The van der Waals surface area contributed by atoms with Crippen LogP contribution in [0.15, 0.2) is 18.3 Å². The Labute approximate surface area is 80.3 Å². The Morgan fingerprint density at radius 2 is 2.46 bits per heavy atom. The molecule has 1 aromatic heterocycles. The van der Waals surface area contributed by atoms with E-state index in [-0.39, 0.29) is 5.69 Å². The highest BCUT2D eigenvalue weighted by atomic mass is 35.5. The Balaban J connectivity index is 2.97. The first-order valence-corrected chi connectivity index (χ1v) is 4.09. The Kier molecular flexibility index (Phi) is 3.41. The molecule has 13 heavy (non-hydrogen) atoms. The Morgan fingerprint density at radius 3 is 3.00 bits per heavy atom. The minimum absolute atomic E-state index is 0.192. The van der Waals surface area contributed by atoms with E-state index in [9.17, 15) is 4.39 Å². The second kappa shape index (κ2) is 4.58. The summed E-state index contributed by atoms with van der Waals surface area (Å²) in [5.74, 6) is -0.249. The highest BCUT2D eigenvalue weighted by molar-refractivity contribution is 6.19. The van der Waals surface area contributed by atoms with Gasteiger partial charge in [0.15, 0.2) is 11.5 Å². The fraction of sp³-hybridized carbons (Fsp3) is 0.111. The van der Waals surface area contributed by atoms with E-state index in [1.165, 1.54) is 12.3 Å². The van der Waals surface area contributed by atoms with Gasteiger partial charge >= 0.3 is 0 Å². The van der Waals surface area contributed by atoms with Crippen LogP contribution in [-0.2, 0) is 0 Å². The van der Waals surface area contributed by atoms with Crippen molar-refractivity contribution in [1.29, 1.82) is 5.26 Å². The summed E-state index contributed by atoms with van der Waals surface area (Å²) in [5, 5.41) is 8.39. The number of alkyl halides is 1. The van der Waals surface area contributed by atoms with Gasteiger partial charge in [-0.2, -0.15) is 5.26 Å². The Morgan fingerprint density at radius 1 is 1.69 bits per heavy atom. The lowest BCUT2D eigenvalue weighted by Gasteiger charge is -1.94. The molecule has 0 spiro atoms. The molecule has 1 heterocycles. The molecule has 0 aliphatic carbocycles.